The van der Waals surface area contributed by atoms with Crippen molar-refractivity contribution in [2.45, 2.75) is 25.6 Å². The van der Waals surface area contributed by atoms with Crippen LogP contribution in [-0.2, 0) is 17.4 Å². The number of carbonyl (C=O) groups is 1. The number of nitrogens with one attached hydrogen (secondary N) is 1. The molecule has 0 aromatic heterocycles. The molecule has 0 saturated heterocycles. The lowest BCUT2D eigenvalue weighted by Crippen LogP contribution is -2.35. The van der Waals surface area contributed by atoms with Crippen LogP contribution in [0.3, 0.4) is 0 Å². The summed E-state index contributed by atoms with van der Waals surface area (Å²) >= 11 is 1.66. The van der Waals surface area contributed by atoms with Gasteiger partial charge in [0.25, 0.3) is 0 Å². The molecule has 1 atom stereocenters. The second kappa shape index (κ2) is 6.51. The molecule has 0 heterocycles. The third-order valence-corrected chi connectivity index (χ3v) is 3.17. The maximum Gasteiger partial charge on any atom is 0.416 e. The second-order valence-corrected chi connectivity index (χ2v) is 4.88. The fourth-order valence-electron chi connectivity index (χ4n) is 1.59. The number of carbonyl (C=O) groups excluding carboxylic acids is 1. The van der Waals surface area contributed by atoms with Gasteiger partial charge >= 0.3 is 6.18 Å². The highest BCUT2D eigenvalue weighted by atomic mass is 127. The average Bonchev–Trinajstić information content (AvgIpc) is 2.27. The first-order valence-corrected chi connectivity index (χ1v) is 6.51. The van der Waals surface area contributed by atoms with Gasteiger partial charge in [0.05, 0.1) is 11.6 Å². The summed E-state index contributed by atoms with van der Waals surface area (Å²) in [5.41, 5.74) is -0.183. The van der Waals surface area contributed by atoms with E-state index < -0.39 is 17.8 Å². The highest BCUT2D eigenvalue weighted by Gasteiger charge is 2.30. The van der Waals surface area contributed by atoms with Crippen LogP contribution in [0.4, 0.5) is 13.2 Å². The van der Waals surface area contributed by atoms with Gasteiger partial charge in [0.2, 0.25) is 3.79 Å². The summed E-state index contributed by atoms with van der Waals surface area (Å²) in [6, 6.07) is 4.62. The molecule has 1 aromatic rings. The molecule has 1 rings (SSSR count). The fraction of sp³-hybridized carbons (Fsp3) is 0.417. The number of benzene rings is 1. The molecule has 0 radical (unpaired) electrons. The molecular weight excluding hydrogens is 358 g/mol. The zero-order valence-corrected chi connectivity index (χ0v) is 11.9. The van der Waals surface area contributed by atoms with E-state index in [9.17, 15) is 18.0 Å². The molecule has 1 aromatic carbocycles. The Kier molecular flexibility index (Phi) is 5.58. The highest BCUT2D eigenvalue weighted by Crippen LogP contribution is 2.29. The molecule has 0 unspecified atom stereocenters. The molecule has 0 aliphatic heterocycles. The third kappa shape index (κ3) is 4.56. The molecule has 0 amide bonds. The fourth-order valence-corrected chi connectivity index (χ4v) is 2.03. The summed E-state index contributed by atoms with van der Waals surface area (Å²) in [4.78, 5) is 11.3. The molecule has 1 N–H and O–H groups in total. The number of rotatable bonds is 5. The Morgan fingerprint density at radius 2 is 2.11 bits per heavy atom. The van der Waals surface area contributed by atoms with E-state index in [0.29, 0.717) is 12.1 Å². The highest BCUT2D eigenvalue weighted by molar-refractivity contribution is 14.1. The van der Waals surface area contributed by atoms with Gasteiger partial charge in [0.15, 0.2) is 0 Å². The minimum Gasteiger partial charge on any atom is -0.307 e. The Balaban J connectivity index is 2.87. The van der Waals surface area contributed by atoms with Gasteiger partial charge < -0.3 is 5.32 Å². The van der Waals surface area contributed by atoms with Gasteiger partial charge in [-0.3, -0.25) is 4.79 Å². The van der Waals surface area contributed by atoms with E-state index in [4.69, 9.17) is 0 Å². The van der Waals surface area contributed by atoms with Crippen LogP contribution in [0, 0.1) is 0 Å². The molecule has 100 valence electrons. The van der Waals surface area contributed by atoms with Crippen LogP contribution in [0.5, 0.6) is 0 Å². The number of halogens is 4. The number of alkyl halides is 3. The largest absolute Gasteiger partial charge is 0.416 e. The van der Waals surface area contributed by atoms with Gasteiger partial charge in [0.1, 0.15) is 0 Å². The Hall–Kier alpha value is -0.630. The second-order valence-electron chi connectivity index (χ2n) is 3.82. The van der Waals surface area contributed by atoms with Crippen molar-refractivity contribution in [1.82, 2.24) is 5.32 Å². The van der Waals surface area contributed by atoms with Crippen molar-refractivity contribution in [3.05, 3.63) is 35.4 Å². The SMILES string of the molecule is CCN[C@@H](Cc1cccc(C(F)(F)F)c1)C(=O)I. The lowest BCUT2D eigenvalue weighted by Gasteiger charge is -2.15. The van der Waals surface area contributed by atoms with E-state index in [2.05, 4.69) is 5.32 Å². The first-order valence-electron chi connectivity index (χ1n) is 5.43. The van der Waals surface area contributed by atoms with Crippen molar-refractivity contribution >= 4 is 26.4 Å². The molecule has 0 fully saturated rings. The van der Waals surface area contributed by atoms with Gasteiger partial charge in [-0.1, -0.05) is 25.1 Å². The summed E-state index contributed by atoms with van der Waals surface area (Å²) in [5, 5.41) is 2.95. The average molecular weight is 371 g/mol. The van der Waals surface area contributed by atoms with Crippen molar-refractivity contribution in [3.63, 3.8) is 0 Å². The molecule has 0 spiro atoms. The smallest absolute Gasteiger partial charge is 0.307 e. The quantitative estimate of drug-likeness (QED) is 0.637. The summed E-state index contributed by atoms with van der Waals surface area (Å²) in [6.45, 7) is 2.44. The maximum absolute atomic E-state index is 12.5. The van der Waals surface area contributed by atoms with Crippen LogP contribution in [-0.4, -0.2) is 16.4 Å². The predicted octanol–water partition coefficient (Wildman–Crippen LogP) is 3.19. The van der Waals surface area contributed by atoms with Crippen LogP contribution in [0.25, 0.3) is 0 Å². The van der Waals surface area contributed by atoms with Gasteiger partial charge in [0, 0.05) is 22.6 Å². The molecule has 0 bridgehead atoms. The lowest BCUT2D eigenvalue weighted by molar-refractivity contribution is -0.137. The first-order chi connectivity index (χ1) is 8.34. The third-order valence-electron chi connectivity index (χ3n) is 2.42. The van der Waals surface area contributed by atoms with E-state index in [-0.39, 0.29) is 10.2 Å². The Bertz CT molecular complexity index is 420. The van der Waals surface area contributed by atoms with Gasteiger partial charge in [-0.25, -0.2) is 0 Å². The van der Waals surface area contributed by atoms with Gasteiger partial charge in [-0.2, -0.15) is 13.2 Å². The van der Waals surface area contributed by atoms with Crippen LogP contribution in [0.2, 0.25) is 0 Å². The maximum atomic E-state index is 12.5. The molecular formula is C12H13F3INO. The van der Waals surface area contributed by atoms with Crippen LogP contribution in [0.1, 0.15) is 18.1 Å². The zero-order valence-electron chi connectivity index (χ0n) is 9.72. The zero-order chi connectivity index (χ0) is 13.8. The molecule has 2 nitrogen and oxygen atoms in total. The lowest BCUT2D eigenvalue weighted by atomic mass is 10.0. The van der Waals surface area contributed by atoms with E-state index in [1.54, 1.807) is 28.7 Å². The minimum absolute atomic E-state index is 0.105. The van der Waals surface area contributed by atoms with Crippen molar-refractivity contribution in [2.24, 2.45) is 0 Å². The molecule has 0 saturated carbocycles. The first kappa shape index (κ1) is 15.4. The van der Waals surface area contributed by atoms with Gasteiger partial charge in [-0.05, 0) is 24.6 Å². The monoisotopic (exact) mass is 371 g/mol. The molecule has 18 heavy (non-hydrogen) atoms. The summed E-state index contributed by atoms with van der Waals surface area (Å²) in [6.07, 6.45) is -4.09. The summed E-state index contributed by atoms with van der Waals surface area (Å²) in [7, 11) is 0. The Morgan fingerprint density at radius 3 is 2.61 bits per heavy atom. The van der Waals surface area contributed by atoms with Crippen LogP contribution >= 0.6 is 22.6 Å². The predicted molar refractivity (Wildman–Crippen MR) is 71.6 cm³/mol. The minimum atomic E-state index is -4.35. The topological polar surface area (TPSA) is 29.1 Å². The number of hydrogen-bond acceptors (Lipinski definition) is 2. The van der Waals surface area contributed by atoms with Crippen LogP contribution in [0.15, 0.2) is 24.3 Å². The van der Waals surface area contributed by atoms with Gasteiger partial charge in [-0.15, -0.1) is 0 Å². The van der Waals surface area contributed by atoms with E-state index >= 15 is 0 Å². The van der Waals surface area contributed by atoms with Crippen molar-refractivity contribution < 1.29 is 18.0 Å². The summed E-state index contributed by atoms with van der Waals surface area (Å²) in [5.74, 6) is 0. The van der Waals surface area contributed by atoms with E-state index in [0.717, 1.165) is 12.1 Å². The normalized spacial score (nSPS) is 13.4. The summed E-state index contributed by atoms with van der Waals surface area (Å²) < 4.78 is 37.5. The van der Waals surface area contributed by atoms with E-state index in [1.807, 2.05) is 6.92 Å². The number of likely N-dealkylation sites (N-methyl/N-ethyl adjacent to an activating group) is 1. The standard InChI is InChI=1S/C12H13F3INO/c1-2-17-10(11(16)18)7-8-4-3-5-9(6-8)12(13,14)15/h3-6,10,17H,2,7H2,1H3/t10-/m0/s1. The van der Waals surface area contributed by atoms with E-state index in [1.165, 1.54) is 6.07 Å². The molecule has 6 heteroatoms. The molecule has 0 aliphatic rings. The Labute approximate surface area is 117 Å². The molecule has 0 aliphatic carbocycles. The van der Waals surface area contributed by atoms with Crippen molar-refractivity contribution in [1.29, 1.82) is 0 Å². The Morgan fingerprint density at radius 1 is 1.44 bits per heavy atom. The van der Waals surface area contributed by atoms with Crippen LogP contribution < -0.4 is 5.32 Å². The van der Waals surface area contributed by atoms with Crippen molar-refractivity contribution in [2.75, 3.05) is 6.54 Å². The number of hydrogen-bond donors (Lipinski definition) is 1. The van der Waals surface area contributed by atoms with Crippen molar-refractivity contribution in [3.8, 4) is 0 Å².